The molecule has 1 aromatic heterocycles. The van der Waals surface area contributed by atoms with Crippen molar-refractivity contribution in [3.63, 3.8) is 0 Å². The highest BCUT2D eigenvalue weighted by molar-refractivity contribution is 6.14. The van der Waals surface area contributed by atoms with Gasteiger partial charge in [-0.25, -0.2) is 4.79 Å². The van der Waals surface area contributed by atoms with Crippen molar-refractivity contribution < 1.29 is 23.9 Å². The second-order valence-corrected chi connectivity index (χ2v) is 8.12. The third-order valence-electron chi connectivity index (χ3n) is 6.18. The zero-order chi connectivity index (χ0) is 22.5. The molecule has 1 fully saturated rings. The van der Waals surface area contributed by atoms with Crippen LogP contribution in [0.4, 0.5) is 4.79 Å². The van der Waals surface area contributed by atoms with Crippen molar-refractivity contribution in [3.8, 4) is 11.5 Å². The minimum atomic E-state index is -1.30. The number of carbonyl (C=O) groups excluding carboxylic acids is 3. The highest BCUT2D eigenvalue weighted by Gasteiger charge is 2.50. The molecular weight excluding hydrogens is 410 g/mol. The summed E-state index contributed by atoms with van der Waals surface area (Å²) in [5, 5.41) is 3.53. The summed E-state index contributed by atoms with van der Waals surface area (Å²) in [6, 6.07) is 10.3. The number of carbonyl (C=O) groups is 3. The average molecular weight is 433 g/mol. The number of aryl methyl sites for hydroxylation is 1. The van der Waals surface area contributed by atoms with E-state index in [1.54, 1.807) is 31.3 Å². The molecule has 8 nitrogen and oxygen atoms in total. The number of aromatic amines is 1. The van der Waals surface area contributed by atoms with Gasteiger partial charge in [0.05, 0.1) is 6.54 Å². The smallest absolute Gasteiger partial charge is 0.325 e. The molecule has 164 valence electrons. The molecule has 2 aliphatic heterocycles. The fourth-order valence-electron chi connectivity index (χ4n) is 4.36. The number of Topliss-reactive ketones (excluding diaryl/α,β-unsaturated/α-hetero) is 1. The number of ketones is 1. The number of amides is 3. The van der Waals surface area contributed by atoms with Crippen LogP contribution in [-0.4, -0.2) is 47.4 Å². The first-order valence-corrected chi connectivity index (χ1v) is 10.6. The van der Waals surface area contributed by atoms with E-state index in [9.17, 15) is 14.4 Å². The number of nitrogens with zero attached hydrogens (tertiary/aromatic N) is 1. The number of hydrogen-bond donors (Lipinski definition) is 2. The van der Waals surface area contributed by atoms with Crippen molar-refractivity contribution >= 4 is 28.6 Å². The van der Waals surface area contributed by atoms with Gasteiger partial charge in [-0.05, 0) is 36.6 Å². The summed E-state index contributed by atoms with van der Waals surface area (Å²) in [4.78, 5) is 43.2. The van der Waals surface area contributed by atoms with E-state index < -0.39 is 17.5 Å². The molecule has 0 unspecified atom stereocenters. The summed E-state index contributed by atoms with van der Waals surface area (Å²) in [5.74, 6) is 0.330. The molecule has 3 heterocycles. The first-order valence-electron chi connectivity index (χ1n) is 10.6. The molecule has 0 saturated carbocycles. The Hall–Kier alpha value is -3.81. The Labute approximate surface area is 184 Å². The molecule has 1 saturated heterocycles. The summed E-state index contributed by atoms with van der Waals surface area (Å²) in [6.45, 7) is 4.21. The first-order chi connectivity index (χ1) is 15.4. The van der Waals surface area contributed by atoms with Gasteiger partial charge < -0.3 is 19.8 Å². The molecule has 5 rings (SSSR count). The highest BCUT2D eigenvalue weighted by Crippen LogP contribution is 2.37. The average Bonchev–Trinajstić information content (AvgIpc) is 3.34. The molecule has 0 aliphatic carbocycles. The van der Waals surface area contributed by atoms with Gasteiger partial charge in [-0.2, -0.15) is 0 Å². The van der Waals surface area contributed by atoms with Gasteiger partial charge >= 0.3 is 6.03 Å². The lowest BCUT2D eigenvalue weighted by molar-refractivity contribution is -0.130. The minimum absolute atomic E-state index is 0.306. The third-order valence-corrected chi connectivity index (χ3v) is 6.18. The van der Waals surface area contributed by atoms with Crippen LogP contribution in [-0.2, 0) is 16.8 Å². The van der Waals surface area contributed by atoms with Crippen LogP contribution in [0.15, 0.2) is 42.6 Å². The molecule has 2 N–H and O–H groups in total. The molecule has 1 atom stereocenters. The monoisotopic (exact) mass is 433 g/mol. The Morgan fingerprint density at radius 2 is 1.91 bits per heavy atom. The lowest BCUT2D eigenvalue weighted by atomic mass is 9.91. The molecule has 2 aliphatic rings. The van der Waals surface area contributed by atoms with Crippen molar-refractivity contribution in [1.82, 2.24) is 15.2 Å². The van der Waals surface area contributed by atoms with Gasteiger partial charge in [0.2, 0.25) is 0 Å². The fraction of sp³-hybridized carbons (Fsp3) is 0.292. The Morgan fingerprint density at radius 3 is 2.69 bits per heavy atom. The lowest BCUT2D eigenvalue weighted by Gasteiger charge is -2.25. The first kappa shape index (κ1) is 20.1. The van der Waals surface area contributed by atoms with E-state index in [4.69, 9.17) is 9.47 Å². The number of urea groups is 1. The van der Waals surface area contributed by atoms with E-state index in [0.717, 1.165) is 27.8 Å². The summed E-state index contributed by atoms with van der Waals surface area (Å²) in [6.07, 6.45) is 2.47. The number of aromatic nitrogens is 1. The zero-order valence-corrected chi connectivity index (χ0v) is 17.9. The van der Waals surface area contributed by atoms with Gasteiger partial charge in [0.15, 0.2) is 17.3 Å². The zero-order valence-electron chi connectivity index (χ0n) is 17.9. The summed E-state index contributed by atoms with van der Waals surface area (Å²) >= 11 is 0. The number of H-pyrrole nitrogens is 1. The van der Waals surface area contributed by atoms with Crippen molar-refractivity contribution in [1.29, 1.82) is 0 Å². The number of para-hydroxylation sites is 1. The number of rotatable bonds is 5. The molecule has 0 spiro atoms. The molecule has 32 heavy (non-hydrogen) atoms. The van der Waals surface area contributed by atoms with Crippen molar-refractivity contribution in [2.75, 3.05) is 19.8 Å². The SMILES string of the molecule is CCc1cccc2c(C(=O)CN3C(=O)N[C@](C)(c4ccc5c(c4)OCCO5)C3=O)c[nH]c12. The highest BCUT2D eigenvalue weighted by atomic mass is 16.6. The molecular formula is C24H23N3O5. The predicted molar refractivity (Wildman–Crippen MR) is 117 cm³/mol. The quantitative estimate of drug-likeness (QED) is 0.476. The summed E-state index contributed by atoms with van der Waals surface area (Å²) in [5.41, 5.74) is 1.72. The minimum Gasteiger partial charge on any atom is -0.486 e. The van der Waals surface area contributed by atoms with E-state index in [1.165, 1.54) is 0 Å². The molecule has 0 bridgehead atoms. The second-order valence-electron chi connectivity index (χ2n) is 8.12. The van der Waals surface area contributed by atoms with Crippen molar-refractivity contribution in [3.05, 3.63) is 59.3 Å². The van der Waals surface area contributed by atoms with E-state index in [0.29, 0.717) is 35.8 Å². The maximum atomic E-state index is 13.3. The molecule has 3 aromatic rings. The number of nitrogens with one attached hydrogen (secondary N) is 2. The van der Waals surface area contributed by atoms with Crippen molar-refractivity contribution in [2.45, 2.75) is 25.8 Å². The Morgan fingerprint density at radius 1 is 1.12 bits per heavy atom. The molecule has 0 radical (unpaired) electrons. The standard InChI is InChI=1S/C24H23N3O5/c1-3-14-5-4-6-16-17(12-25-21(14)16)18(28)13-27-22(29)24(2,26-23(27)30)15-7-8-19-20(11-15)32-10-9-31-19/h4-8,11-12,25H,3,9-10,13H2,1-2H3,(H,26,30)/t24-/m1/s1. The topological polar surface area (TPSA) is 101 Å². The van der Waals surface area contributed by atoms with Gasteiger partial charge in [0.1, 0.15) is 18.8 Å². The van der Waals surface area contributed by atoms with Gasteiger partial charge in [0.25, 0.3) is 5.91 Å². The van der Waals surface area contributed by atoms with E-state index >= 15 is 0 Å². The number of fused-ring (bicyclic) bond motifs is 2. The largest absolute Gasteiger partial charge is 0.486 e. The van der Waals surface area contributed by atoms with Crippen molar-refractivity contribution in [2.24, 2.45) is 0 Å². The van der Waals surface area contributed by atoms with Crippen LogP contribution in [0, 0.1) is 0 Å². The second kappa shape index (κ2) is 7.40. The Kier molecular flexibility index (Phi) is 4.65. The number of ether oxygens (including phenoxy) is 2. The van der Waals surface area contributed by atoms with Crippen LogP contribution < -0.4 is 14.8 Å². The molecule has 2 aromatic carbocycles. The molecule has 3 amide bonds. The maximum Gasteiger partial charge on any atom is 0.325 e. The summed E-state index contributed by atoms with van der Waals surface area (Å²) in [7, 11) is 0. The fourth-order valence-corrected chi connectivity index (χ4v) is 4.36. The lowest BCUT2D eigenvalue weighted by Crippen LogP contribution is -2.41. The van der Waals surface area contributed by atoms with Crippen LogP contribution in [0.2, 0.25) is 0 Å². The van der Waals surface area contributed by atoms with Gasteiger partial charge in [-0.1, -0.05) is 31.2 Å². The molecule has 8 heteroatoms. The van der Waals surface area contributed by atoms with Crippen LogP contribution >= 0.6 is 0 Å². The van der Waals surface area contributed by atoms with Crippen LogP contribution in [0.1, 0.15) is 35.3 Å². The number of benzene rings is 2. The van der Waals surface area contributed by atoms with Crippen LogP contribution in [0.25, 0.3) is 10.9 Å². The number of imide groups is 1. The Balaban J connectivity index is 1.42. The third kappa shape index (κ3) is 3.02. The predicted octanol–water partition coefficient (Wildman–Crippen LogP) is 3.15. The van der Waals surface area contributed by atoms with E-state index in [-0.39, 0.29) is 12.3 Å². The van der Waals surface area contributed by atoms with Gasteiger partial charge in [-0.3, -0.25) is 14.5 Å². The van der Waals surface area contributed by atoms with Gasteiger partial charge in [0, 0.05) is 22.7 Å². The normalized spacial score (nSPS) is 20.0. The van der Waals surface area contributed by atoms with Gasteiger partial charge in [-0.15, -0.1) is 0 Å². The van der Waals surface area contributed by atoms with E-state index in [2.05, 4.69) is 10.3 Å². The summed E-state index contributed by atoms with van der Waals surface area (Å²) < 4.78 is 11.1. The Bertz CT molecular complexity index is 1260. The van der Waals surface area contributed by atoms with Crippen LogP contribution in [0.5, 0.6) is 11.5 Å². The number of hydrogen-bond acceptors (Lipinski definition) is 5. The van der Waals surface area contributed by atoms with E-state index in [1.807, 2.05) is 25.1 Å². The van der Waals surface area contributed by atoms with Crippen LogP contribution in [0.3, 0.4) is 0 Å². The maximum absolute atomic E-state index is 13.3.